The van der Waals surface area contributed by atoms with Crippen LogP contribution in [0, 0.1) is 0 Å². The van der Waals surface area contributed by atoms with Gasteiger partial charge in [-0.25, -0.2) is 4.79 Å². The molecule has 19 heavy (non-hydrogen) atoms. The molecule has 0 aromatic heterocycles. The summed E-state index contributed by atoms with van der Waals surface area (Å²) in [6, 6.07) is 0.407. The summed E-state index contributed by atoms with van der Waals surface area (Å²) in [7, 11) is 0. The molecule has 6 heteroatoms. The highest BCUT2D eigenvalue weighted by molar-refractivity contribution is 7.91. The molecule has 2 heterocycles. The molecule has 0 N–H and O–H groups in total. The van der Waals surface area contributed by atoms with Crippen molar-refractivity contribution in [1.82, 2.24) is 9.80 Å². The lowest BCUT2D eigenvalue weighted by Gasteiger charge is -2.32. The number of amides is 1. The van der Waals surface area contributed by atoms with Gasteiger partial charge in [-0.3, -0.25) is 4.90 Å². The van der Waals surface area contributed by atoms with Crippen molar-refractivity contribution in [2.75, 3.05) is 37.7 Å². The highest BCUT2D eigenvalue weighted by Crippen LogP contribution is 2.20. The molecule has 0 bridgehead atoms. The van der Waals surface area contributed by atoms with Gasteiger partial charge < -0.3 is 14.2 Å². The maximum absolute atomic E-state index is 12.0. The molecule has 0 aromatic carbocycles. The molecule has 2 aliphatic rings. The maximum Gasteiger partial charge on any atom is 0.410 e. The summed E-state index contributed by atoms with van der Waals surface area (Å²) in [5, 5.41) is 0. The van der Waals surface area contributed by atoms with Gasteiger partial charge in [-0.2, -0.15) is 0 Å². The van der Waals surface area contributed by atoms with E-state index in [1.165, 1.54) is 0 Å². The van der Waals surface area contributed by atoms with Crippen molar-refractivity contribution in [3.8, 4) is 0 Å². The van der Waals surface area contributed by atoms with Gasteiger partial charge in [0.05, 0.1) is 0 Å². The van der Waals surface area contributed by atoms with E-state index in [9.17, 15) is 9.35 Å². The van der Waals surface area contributed by atoms with Crippen LogP contribution in [0.4, 0.5) is 4.79 Å². The lowest BCUT2D eigenvalue weighted by molar-refractivity contribution is 0.0280. The molecule has 0 aliphatic carbocycles. The topological polar surface area (TPSA) is 55.8 Å². The Balaban J connectivity index is 1.81. The van der Waals surface area contributed by atoms with E-state index in [0.29, 0.717) is 6.04 Å². The molecule has 1 atom stereocenters. The van der Waals surface area contributed by atoms with Crippen LogP contribution in [0.1, 0.15) is 27.2 Å². The van der Waals surface area contributed by atoms with Gasteiger partial charge in [0.2, 0.25) is 0 Å². The minimum absolute atomic E-state index is 0.212. The summed E-state index contributed by atoms with van der Waals surface area (Å²) >= 11 is -0.639. The summed E-state index contributed by atoms with van der Waals surface area (Å²) in [4.78, 5) is 16.1. The standard InChI is InChI=1S/C13H24N2O3S/c1-13(2,3)18-12(16)15-5-4-11(10-15)14-6-8-19(17)9-7-14/h11H,4-10H2,1-3H3. The predicted molar refractivity (Wildman–Crippen MR) is 75.7 cm³/mol. The van der Waals surface area contributed by atoms with Crippen LogP contribution in [0.25, 0.3) is 0 Å². The van der Waals surface area contributed by atoms with E-state index < -0.39 is 16.8 Å². The summed E-state index contributed by atoms with van der Waals surface area (Å²) in [5.74, 6) is 1.53. The van der Waals surface area contributed by atoms with E-state index in [1.807, 2.05) is 20.8 Å². The first-order valence-electron chi connectivity index (χ1n) is 6.92. The minimum Gasteiger partial charge on any atom is -0.616 e. The van der Waals surface area contributed by atoms with Gasteiger partial charge in [0.15, 0.2) is 0 Å². The molecule has 2 saturated heterocycles. The molecule has 1 amide bonds. The Kier molecular flexibility index (Phi) is 4.63. The van der Waals surface area contributed by atoms with Crippen molar-refractivity contribution in [2.45, 2.75) is 38.8 Å². The lowest BCUT2D eigenvalue weighted by atomic mass is 10.2. The number of hydrogen-bond acceptors (Lipinski definition) is 4. The molecule has 0 saturated carbocycles. The number of nitrogens with zero attached hydrogens (tertiary/aromatic N) is 2. The summed E-state index contributed by atoms with van der Waals surface area (Å²) in [6.45, 7) is 8.94. The number of hydrogen-bond donors (Lipinski definition) is 0. The Bertz CT molecular complexity index is 324. The fourth-order valence-corrected chi connectivity index (χ4v) is 3.63. The fraction of sp³-hybridized carbons (Fsp3) is 0.923. The van der Waals surface area contributed by atoms with Crippen LogP contribution in [0.2, 0.25) is 0 Å². The van der Waals surface area contributed by atoms with E-state index >= 15 is 0 Å². The zero-order chi connectivity index (χ0) is 14.0. The molecule has 2 rings (SSSR count). The summed E-state index contributed by atoms with van der Waals surface area (Å²) < 4.78 is 16.7. The first-order chi connectivity index (χ1) is 8.85. The molecule has 110 valence electrons. The van der Waals surface area contributed by atoms with Gasteiger partial charge >= 0.3 is 6.09 Å². The van der Waals surface area contributed by atoms with Gasteiger partial charge in [0, 0.05) is 32.2 Å². The minimum atomic E-state index is -0.639. The van der Waals surface area contributed by atoms with Crippen molar-refractivity contribution in [1.29, 1.82) is 0 Å². The molecule has 0 aromatic rings. The first-order valence-corrected chi connectivity index (χ1v) is 8.41. The van der Waals surface area contributed by atoms with Gasteiger partial charge in [-0.15, -0.1) is 0 Å². The molecule has 0 radical (unpaired) electrons. The average molecular weight is 288 g/mol. The normalized spacial score (nSPS) is 26.7. The molecule has 5 nitrogen and oxygen atoms in total. The zero-order valence-corrected chi connectivity index (χ0v) is 12.9. The van der Waals surface area contributed by atoms with Crippen LogP contribution in [0.15, 0.2) is 0 Å². The van der Waals surface area contributed by atoms with E-state index in [2.05, 4.69) is 4.90 Å². The van der Waals surface area contributed by atoms with Gasteiger partial charge in [0.1, 0.15) is 17.1 Å². The van der Waals surface area contributed by atoms with E-state index in [4.69, 9.17) is 4.74 Å². The van der Waals surface area contributed by atoms with Crippen LogP contribution in [0.3, 0.4) is 0 Å². The second-order valence-corrected chi connectivity index (χ2v) is 7.95. The van der Waals surface area contributed by atoms with Crippen molar-refractivity contribution >= 4 is 17.3 Å². The Hall–Kier alpha value is -0.460. The lowest BCUT2D eigenvalue weighted by Crippen LogP contribution is -2.47. The average Bonchev–Trinajstić information content (AvgIpc) is 2.77. The van der Waals surface area contributed by atoms with Crippen LogP contribution >= 0.6 is 0 Å². The third kappa shape index (κ3) is 4.26. The molecule has 2 fully saturated rings. The number of ether oxygens (including phenoxy) is 1. The fourth-order valence-electron chi connectivity index (χ4n) is 2.55. The van der Waals surface area contributed by atoms with Crippen LogP contribution in [-0.2, 0) is 15.9 Å². The van der Waals surface area contributed by atoms with Crippen LogP contribution in [-0.4, -0.2) is 69.8 Å². The predicted octanol–water partition coefficient (Wildman–Crippen LogP) is 1.06. The molecule has 2 aliphatic heterocycles. The van der Waals surface area contributed by atoms with Crippen molar-refractivity contribution in [2.24, 2.45) is 0 Å². The summed E-state index contributed by atoms with van der Waals surface area (Å²) in [5.41, 5.74) is -0.433. The number of likely N-dealkylation sites (tertiary alicyclic amines) is 1. The largest absolute Gasteiger partial charge is 0.616 e. The molecule has 0 spiro atoms. The van der Waals surface area contributed by atoms with Crippen LogP contribution in [0.5, 0.6) is 0 Å². The number of carbonyl (C=O) groups excluding carboxylic acids is 1. The SMILES string of the molecule is CC(C)(C)OC(=O)N1CCC(N2CC[S+]([O-])CC2)C1. The first kappa shape index (κ1) is 14.9. The second-order valence-electron chi connectivity index (χ2n) is 6.25. The Morgan fingerprint density at radius 1 is 1.26 bits per heavy atom. The molecule has 1 unspecified atom stereocenters. The Morgan fingerprint density at radius 3 is 2.47 bits per heavy atom. The second kappa shape index (κ2) is 5.89. The third-order valence-corrected chi connectivity index (χ3v) is 4.82. The number of rotatable bonds is 1. The van der Waals surface area contributed by atoms with Gasteiger partial charge in [-0.05, 0) is 27.2 Å². The van der Waals surface area contributed by atoms with E-state index in [-0.39, 0.29) is 6.09 Å². The van der Waals surface area contributed by atoms with Crippen molar-refractivity contribution < 1.29 is 14.1 Å². The molecular weight excluding hydrogens is 264 g/mol. The van der Waals surface area contributed by atoms with Gasteiger partial charge in [-0.1, -0.05) is 11.2 Å². The Morgan fingerprint density at radius 2 is 1.89 bits per heavy atom. The quantitative estimate of drug-likeness (QED) is 0.677. The van der Waals surface area contributed by atoms with Crippen LogP contribution < -0.4 is 0 Å². The van der Waals surface area contributed by atoms with Gasteiger partial charge in [0.25, 0.3) is 0 Å². The highest BCUT2D eigenvalue weighted by atomic mass is 32.2. The number of carbonyl (C=O) groups is 1. The highest BCUT2D eigenvalue weighted by Gasteiger charge is 2.34. The third-order valence-electron chi connectivity index (χ3n) is 3.54. The van der Waals surface area contributed by atoms with E-state index in [1.54, 1.807) is 4.90 Å². The smallest absolute Gasteiger partial charge is 0.410 e. The summed E-state index contributed by atoms with van der Waals surface area (Å²) in [6.07, 6.45) is 0.780. The van der Waals surface area contributed by atoms with E-state index in [0.717, 1.165) is 44.1 Å². The maximum atomic E-state index is 12.0. The Labute approximate surface area is 118 Å². The molecular formula is C13H24N2O3S. The van der Waals surface area contributed by atoms with Crippen molar-refractivity contribution in [3.63, 3.8) is 0 Å². The monoisotopic (exact) mass is 288 g/mol. The van der Waals surface area contributed by atoms with Crippen molar-refractivity contribution in [3.05, 3.63) is 0 Å². The zero-order valence-electron chi connectivity index (χ0n) is 12.1.